The summed E-state index contributed by atoms with van der Waals surface area (Å²) < 4.78 is 18.4. The Morgan fingerprint density at radius 2 is 1.85 bits per heavy atom. The smallest absolute Gasteiger partial charge is 0.167 e. The van der Waals surface area contributed by atoms with E-state index >= 15 is 0 Å². The molecule has 0 atom stereocenters. The number of hydrogen-bond donors (Lipinski definition) is 2. The maximum atomic E-state index is 13.6. The normalized spacial score (nSPS) is 10.2. The standard InChI is InChI=1S/C15H15FN2O2/c1-9(19)12-5-3-11(8-14(12)17)18-10-4-6-15(20-2)13(16)7-10/h3-8,18H,17H2,1-2H3. The number of ether oxygens (including phenoxy) is 1. The second-order valence-corrected chi connectivity index (χ2v) is 4.33. The van der Waals surface area contributed by atoms with Crippen molar-refractivity contribution in [2.45, 2.75) is 6.92 Å². The molecule has 2 aromatic carbocycles. The van der Waals surface area contributed by atoms with Crippen LogP contribution in [0.1, 0.15) is 17.3 Å². The van der Waals surface area contributed by atoms with E-state index in [2.05, 4.69) is 5.32 Å². The van der Waals surface area contributed by atoms with E-state index in [4.69, 9.17) is 10.5 Å². The van der Waals surface area contributed by atoms with Crippen LogP contribution in [0.5, 0.6) is 5.75 Å². The molecule has 0 spiro atoms. The van der Waals surface area contributed by atoms with Gasteiger partial charge in [0.25, 0.3) is 0 Å². The highest BCUT2D eigenvalue weighted by Crippen LogP contribution is 2.25. The summed E-state index contributed by atoms with van der Waals surface area (Å²) in [5.74, 6) is -0.364. The highest BCUT2D eigenvalue weighted by molar-refractivity contribution is 5.99. The van der Waals surface area contributed by atoms with Crippen LogP contribution in [0.3, 0.4) is 0 Å². The van der Waals surface area contributed by atoms with Gasteiger partial charge in [-0.05, 0) is 37.3 Å². The molecule has 2 rings (SSSR count). The van der Waals surface area contributed by atoms with E-state index in [0.29, 0.717) is 22.6 Å². The number of carbonyl (C=O) groups excluding carboxylic acids is 1. The van der Waals surface area contributed by atoms with E-state index in [1.54, 1.807) is 24.3 Å². The van der Waals surface area contributed by atoms with E-state index in [0.717, 1.165) is 0 Å². The molecule has 2 aromatic rings. The van der Waals surface area contributed by atoms with Gasteiger partial charge in [-0.25, -0.2) is 4.39 Å². The lowest BCUT2D eigenvalue weighted by Crippen LogP contribution is -2.01. The highest BCUT2D eigenvalue weighted by atomic mass is 19.1. The number of nitrogens with one attached hydrogen (secondary N) is 1. The van der Waals surface area contributed by atoms with Crippen LogP contribution in [0, 0.1) is 5.82 Å². The van der Waals surface area contributed by atoms with Gasteiger partial charge >= 0.3 is 0 Å². The molecule has 0 aliphatic heterocycles. The Bertz CT molecular complexity index is 656. The predicted molar refractivity (Wildman–Crippen MR) is 77.1 cm³/mol. The second-order valence-electron chi connectivity index (χ2n) is 4.33. The van der Waals surface area contributed by atoms with Crippen molar-refractivity contribution < 1.29 is 13.9 Å². The van der Waals surface area contributed by atoms with E-state index in [-0.39, 0.29) is 11.5 Å². The summed E-state index contributed by atoms with van der Waals surface area (Å²) in [6, 6.07) is 9.55. The number of nitrogens with two attached hydrogens (primary N) is 1. The molecular formula is C15H15FN2O2. The summed E-state index contributed by atoms with van der Waals surface area (Å²) in [7, 11) is 1.41. The summed E-state index contributed by atoms with van der Waals surface area (Å²) in [6.07, 6.45) is 0. The number of carbonyl (C=O) groups is 1. The van der Waals surface area contributed by atoms with Crippen LogP contribution in [0.25, 0.3) is 0 Å². The van der Waals surface area contributed by atoms with Crippen molar-refractivity contribution in [3.63, 3.8) is 0 Å². The first-order valence-corrected chi connectivity index (χ1v) is 6.02. The SMILES string of the molecule is COc1ccc(Nc2ccc(C(C)=O)c(N)c2)cc1F. The second kappa shape index (κ2) is 5.61. The monoisotopic (exact) mass is 274 g/mol. The largest absolute Gasteiger partial charge is 0.494 e. The number of rotatable bonds is 4. The molecule has 0 fully saturated rings. The third kappa shape index (κ3) is 2.88. The summed E-state index contributed by atoms with van der Waals surface area (Å²) >= 11 is 0. The molecule has 3 N–H and O–H groups in total. The summed E-state index contributed by atoms with van der Waals surface area (Å²) in [6.45, 7) is 1.46. The van der Waals surface area contributed by atoms with E-state index in [1.165, 1.54) is 26.2 Å². The first-order valence-electron chi connectivity index (χ1n) is 6.02. The van der Waals surface area contributed by atoms with E-state index in [1.807, 2.05) is 0 Å². The number of benzene rings is 2. The number of halogens is 1. The molecular weight excluding hydrogens is 259 g/mol. The Morgan fingerprint density at radius 3 is 2.40 bits per heavy atom. The van der Waals surface area contributed by atoms with Gasteiger partial charge in [-0.15, -0.1) is 0 Å². The first kappa shape index (κ1) is 13.9. The molecule has 104 valence electrons. The van der Waals surface area contributed by atoms with Crippen molar-refractivity contribution in [3.05, 3.63) is 47.8 Å². The summed E-state index contributed by atoms with van der Waals surface area (Å²) in [4.78, 5) is 11.3. The van der Waals surface area contributed by atoms with E-state index < -0.39 is 5.82 Å². The minimum atomic E-state index is -0.453. The predicted octanol–water partition coefficient (Wildman–Crippen LogP) is 3.36. The van der Waals surface area contributed by atoms with Gasteiger partial charge in [-0.3, -0.25) is 4.79 Å². The third-order valence-corrected chi connectivity index (χ3v) is 2.87. The zero-order chi connectivity index (χ0) is 14.7. The average Bonchev–Trinajstić information content (AvgIpc) is 2.38. The van der Waals surface area contributed by atoms with Crippen molar-refractivity contribution in [3.8, 4) is 5.75 Å². The lowest BCUT2D eigenvalue weighted by atomic mass is 10.1. The Kier molecular flexibility index (Phi) is 3.89. The third-order valence-electron chi connectivity index (χ3n) is 2.87. The first-order chi connectivity index (χ1) is 9.51. The van der Waals surface area contributed by atoms with Crippen molar-refractivity contribution in [2.24, 2.45) is 0 Å². The van der Waals surface area contributed by atoms with Gasteiger partial charge in [-0.1, -0.05) is 0 Å². The maximum absolute atomic E-state index is 13.6. The topological polar surface area (TPSA) is 64.3 Å². The number of ketones is 1. The van der Waals surface area contributed by atoms with Crippen LogP contribution < -0.4 is 15.8 Å². The molecule has 0 aliphatic carbocycles. The molecule has 0 aliphatic rings. The molecule has 20 heavy (non-hydrogen) atoms. The van der Waals surface area contributed by atoms with Gasteiger partial charge in [0.05, 0.1) is 7.11 Å². The van der Waals surface area contributed by atoms with Crippen LogP contribution in [0.2, 0.25) is 0 Å². The maximum Gasteiger partial charge on any atom is 0.167 e. The fourth-order valence-corrected chi connectivity index (χ4v) is 1.87. The highest BCUT2D eigenvalue weighted by Gasteiger charge is 2.07. The molecule has 0 aromatic heterocycles. The van der Waals surface area contributed by atoms with Crippen LogP contribution in [0.15, 0.2) is 36.4 Å². The number of methoxy groups -OCH3 is 1. The molecule has 0 amide bonds. The Morgan fingerprint density at radius 1 is 1.20 bits per heavy atom. The number of Topliss-reactive ketones (excluding diaryl/α,β-unsaturated/α-hetero) is 1. The molecule has 5 heteroatoms. The van der Waals surface area contributed by atoms with Crippen molar-refractivity contribution >= 4 is 22.8 Å². The summed E-state index contributed by atoms with van der Waals surface area (Å²) in [5.41, 5.74) is 7.90. The number of nitrogen functional groups attached to an aromatic ring is 1. The van der Waals surface area contributed by atoms with Gasteiger partial charge in [0, 0.05) is 28.7 Å². The average molecular weight is 274 g/mol. The van der Waals surface area contributed by atoms with Gasteiger partial charge in [-0.2, -0.15) is 0 Å². The Balaban J connectivity index is 2.24. The van der Waals surface area contributed by atoms with Crippen LogP contribution in [-0.4, -0.2) is 12.9 Å². The van der Waals surface area contributed by atoms with Gasteiger partial charge in [0.2, 0.25) is 0 Å². The number of hydrogen-bond acceptors (Lipinski definition) is 4. The minimum Gasteiger partial charge on any atom is -0.494 e. The van der Waals surface area contributed by atoms with Crippen molar-refractivity contribution in [2.75, 3.05) is 18.2 Å². The van der Waals surface area contributed by atoms with Crippen molar-refractivity contribution in [1.82, 2.24) is 0 Å². The van der Waals surface area contributed by atoms with Gasteiger partial charge in [0.1, 0.15) is 0 Å². The Hall–Kier alpha value is -2.56. The summed E-state index contributed by atoms with van der Waals surface area (Å²) in [5, 5.41) is 3.02. The molecule has 0 radical (unpaired) electrons. The quantitative estimate of drug-likeness (QED) is 0.662. The number of anilines is 3. The van der Waals surface area contributed by atoms with Crippen LogP contribution in [0.4, 0.5) is 21.5 Å². The fourth-order valence-electron chi connectivity index (χ4n) is 1.87. The lowest BCUT2D eigenvalue weighted by Gasteiger charge is -2.10. The molecule has 0 bridgehead atoms. The zero-order valence-electron chi connectivity index (χ0n) is 11.2. The lowest BCUT2D eigenvalue weighted by molar-refractivity contribution is 0.101. The van der Waals surface area contributed by atoms with Crippen LogP contribution in [-0.2, 0) is 0 Å². The Labute approximate surface area is 116 Å². The molecule has 0 heterocycles. The van der Waals surface area contributed by atoms with Gasteiger partial charge in [0.15, 0.2) is 17.3 Å². The minimum absolute atomic E-state index is 0.0930. The van der Waals surface area contributed by atoms with Crippen molar-refractivity contribution in [1.29, 1.82) is 0 Å². The van der Waals surface area contributed by atoms with Gasteiger partial charge < -0.3 is 15.8 Å². The fraction of sp³-hybridized carbons (Fsp3) is 0.133. The van der Waals surface area contributed by atoms with Crippen LogP contribution >= 0.6 is 0 Å². The van der Waals surface area contributed by atoms with E-state index in [9.17, 15) is 9.18 Å². The molecule has 4 nitrogen and oxygen atoms in total. The molecule has 0 saturated heterocycles. The molecule has 0 saturated carbocycles. The zero-order valence-corrected chi connectivity index (χ0v) is 11.2. The molecule has 0 unspecified atom stereocenters.